The Balaban J connectivity index is 2.18. The normalized spacial score (nSPS) is 23.9. The molecule has 0 amide bonds. The molecule has 1 fully saturated rings. The first-order valence-electron chi connectivity index (χ1n) is 7.91. The Morgan fingerprint density at radius 1 is 1.35 bits per heavy atom. The van der Waals surface area contributed by atoms with E-state index < -0.39 is 0 Å². The van der Waals surface area contributed by atoms with Gasteiger partial charge in [0, 0.05) is 36.1 Å². The molecule has 1 atom stereocenters. The number of hydrogen-bond donors (Lipinski definition) is 1. The topological polar surface area (TPSA) is 15.3 Å². The molecule has 2 rings (SSSR count). The summed E-state index contributed by atoms with van der Waals surface area (Å²) in [6.45, 7) is 15.1. The molecular formula is C17H30N2S. The van der Waals surface area contributed by atoms with Crippen molar-refractivity contribution in [3.05, 3.63) is 22.4 Å². The molecule has 1 aromatic heterocycles. The number of hydrogen-bond acceptors (Lipinski definition) is 3. The molecule has 1 aliphatic heterocycles. The lowest BCUT2D eigenvalue weighted by Crippen LogP contribution is -2.66. The van der Waals surface area contributed by atoms with Crippen molar-refractivity contribution in [1.82, 2.24) is 10.2 Å². The summed E-state index contributed by atoms with van der Waals surface area (Å²) in [5.41, 5.74) is 0.622. The van der Waals surface area contributed by atoms with Gasteiger partial charge in [0.25, 0.3) is 0 Å². The average Bonchev–Trinajstić information content (AvgIpc) is 2.90. The zero-order valence-corrected chi connectivity index (χ0v) is 14.5. The van der Waals surface area contributed by atoms with E-state index in [2.05, 4.69) is 62.3 Å². The van der Waals surface area contributed by atoms with Crippen molar-refractivity contribution in [2.75, 3.05) is 13.1 Å². The molecule has 1 saturated heterocycles. The summed E-state index contributed by atoms with van der Waals surface area (Å²) in [7, 11) is 0. The summed E-state index contributed by atoms with van der Waals surface area (Å²) in [5, 5.41) is 6.05. The monoisotopic (exact) mass is 294 g/mol. The second kappa shape index (κ2) is 6.17. The Morgan fingerprint density at radius 2 is 2.05 bits per heavy atom. The highest BCUT2D eigenvalue weighted by Crippen LogP contribution is 2.32. The summed E-state index contributed by atoms with van der Waals surface area (Å²) in [6.07, 6.45) is 2.42. The standard InChI is InChI=1S/C17H30N2S/c1-6-17(7-2)13-19(12-14-9-8-10-20-14)15(11-18-17)16(3,4)5/h8-10,15,18H,6-7,11-13H2,1-5H3. The van der Waals surface area contributed by atoms with Gasteiger partial charge in [0.2, 0.25) is 0 Å². The number of nitrogens with one attached hydrogen (secondary N) is 1. The van der Waals surface area contributed by atoms with Crippen molar-refractivity contribution in [2.24, 2.45) is 5.41 Å². The molecular weight excluding hydrogens is 264 g/mol. The van der Waals surface area contributed by atoms with E-state index in [1.165, 1.54) is 24.3 Å². The molecule has 3 heteroatoms. The number of nitrogens with zero attached hydrogens (tertiary/aromatic N) is 1. The summed E-state index contributed by atoms with van der Waals surface area (Å²) in [5.74, 6) is 0. The van der Waals surface area contributed by atoms with Gasteiger partial charge in [-0.3, -0.25) is 4.90 Å². The lowest BCUT2D eigenvalue weighted by molar-refractivity contribution is 0.0137. The molecule has 0 aromatic carbocycles. The van der Waals surface area contributed by atoms with Crippen molar-refractivity contribution >= 4 is 11.3 Å². The highest BCUT2D eigenvalue weighted by Gasteiger charge is 2.41. The van der Waals surface area contributed by atoms with Gasteiger partial charge in [0.1, 0.15) is 0 Å². The van der Waals surface area contributed by atoms with Crippen LogP contribution in [-0.2, 0) is 6.54 Å². The third-order valence-electron chi connectivity index (χ3n) is 4.91. The minimum Gasteiger partial charge on any atom is -0.308 e. The van der Waals surface area contributed by atoms with Gasteiger partial charge in [0.05, 0.1) is 0 Å². The molecule has 114 valence electrons. The van der Waals surface area contributed by atoms with E-state index in [1.54, 1.807) is 0 Å². The minimum absolute atomic E-state index is 0.305. The first kappa shape index (κ1) is 16.0. The van der Waals surface area contributed by atoms with Gasteiger partial charge in [0.15, 0.2) is 0 Å². The van der Waals surface area contributed by atoms with Crippen LogP contribution in [-0.4, -0.2) is 29.6 Å². The molecule has 1 unspecified atom stereocenters. The lowest BCUT2D eigenvalue weighted by atomic mass is 9.80. The molecule has 0 radical (unpaired) electrons. The summed E-state index contributed by atoms with van der Waals surface area (Å²) >= 11 is 1.88. The van der Waals surface area contributed by atoms with Crippen LogP contribution in [0.2, 0.25) is 0 Å². The molecule has 0 aliphatic carbocycles. The van der Waals surface area contributed by atoms with E-state index in [0.717, 1.165) is 13.1 Å². The van der Waals surface area contributed by atoms with E-state index >= 15 is 0 Å². The van der Waals surface area contributed by atoms with E-state index in [4.69, 9.17) is 0 Å². The van der Waals surface area contributed by atoms with Crippen molar-refractivity contribution in [3.8, 4) is 0 Å². The first-order valence-corrected chi connectivity index (χ1v) is 8.79. The fourth-order valence-electron chi connectivity index (χ4n) is 3.34. The first-order chi connectivity index (χ1) is 9.40. The van der Waals surface area contributed by atoms with Crippen LogP contribution in [0.3, 0.4) is 0 Å². The van der Waals surface area contributed by atoms with E-state index in [1.807, 2.05) is 11.3 Å². The van der Waals surface area contributed by atoms with Gasteiger partial charge >= 0.3 is 0 Å². The maximum atomic E-state index is 3.86. The molecule has 0 bridgehead atoms. The Hall–Kier alpha value is -0.380. The molecule has 0 spiro atoms. The van der Waals surface area contributed by atoms with Gasteiger partial charge < -0.3 is 5.32 Å². The third-order valence-corrected chi connectivity index (χ3v) is 5.77. The smallest absolute Gasteiger partial charge is 0.0332 e. The molecule has 2 nitrogen and oxygen atoms in total. The predicted octanol–water partition coefficient (Wildman–Crippen LogP) is 4.13. The maximum Gasteiger partial charge on any atom is 0.0332 e. The van der Waals surface area contributed by atoms with Gasteiger partial charge in [-0.25, -0.2) is 0 Å². The van der Waals surface area contributed by atoms with Crippen LogP contribution in [0.15, 0.2) is 17.5 Å². The van der Waals surface area contributed by atoms with Crippen molar-refractivity contribution in [3.63, 3.8) is 0 Å². The Kier molecular flexibility index (Phi) is 4.93. The Morgan fingerprint density at radius 3 is 2.55 bits per heavy atom. The molecule has 20 heavy (non-hydrogen) atoms. The summed E-state index contributed by atoms with van der Waals surface area (Å²) in [6, 6.07) is 5.04. The molecule has 1 N–H and O–H groups in total. The van der Waals surface area contributed by atoms with E-state index in [9.17, 15) is 0 Å². The summed E-state index contributed by atoms with van der Waals surface area (Å²) < 4.78 is 0. The van der Waals surface area contributed by atoms with Crippen LogP contribution < -0.4 is 5.32 Å². The number of thiophene rings is 1. The van der Waals surface area contributed by atoms with Gasteiger partial charge in [-0.1, -0.05) is 40.7 Å². The minimum atomic E-state index is 0.305. The van der Waals surface area contributed by atoms with Crippen molar-refractivity contribution in [1.29, 1.82) is 0 Å². The Labute approximate surface area is 128 Å². The van der Waals surface area contributed by atoms with Crippen molar-refractivity contribution < 1.29 is 0 Å². The molecule has 1 aliphatic rings. The SMILES string of the molecule is CCC1(CC)CN(Cc2cccs2)C(C(C)(C)C)CN1. The van der Waals surface area contributed by atoms with Crippen LogP contribution in [0.1, 0.15) is 52.3 Å². The van der Waals surface area contributed by atoms with Gasteiger partial charge in [-0.15, -0.1) is 11.3 Å². The third kappa shape index (κ3) is 3.44. The quantitative estimate of drug-likeness (QED) is 0.898. The summed E-state index contributed by atoms with van der Waals surface area (Å²) in [4.78, 5) is 4.21. The van der Waals surface area contributed by atoms with Gasteiger partial charge in [-0.2, -0.15) is 0 Å². The number of rotatable bonds is 4. The number of piperazine rings is 1. The van der Waals surface area contributed by atoms with Gasteiger partial charge in [-0.05, 0) is 29.7 Å². The zero-order valence-electron chi connectivity index (χ0n) is 13.7. The van der Waals surface area contributed by atoms with Crippen LogP contribution in [0.4, 0.5) is 0 Å². The average molecular weight is 295 g/mol. The van der Waals surface area contributed by atoms with Crippen LogP contribution in [0.5, 0.6) is 0 Å². The van der Waals surface area contributed by atoms with E-state index in [0.29, 0.717) is 17.0 Å². The van der Waals surface area contributed by atoms with Crippen LogP contribution in [0.25, 0.3) is 0 Å². The lowest BCUT2D eigenvalue weighted by Gasteiger charge is -2.51. The zero-order chi connectivity index (χ0) is 14.8. The maximum absolute atomic E-state index is 3.86. The molecule has 0 saturated carbocycles. The highest BCUT2D eigenvalue weighted by atomic mass is 32.1. The largest absolute Gasteiger partial charge is 0.308 e. The molecule has 2 heterocycles. The second-order valence-electron chi connectivity index (χ2n) is 7.23. The fraction of sp³-hybridized carbons (Fsp3) is 0.765. The fourth-order valence-corrected chi connectivity index (χ4v) is 4.07. The molecule has 1 aromatic rings. The van der Waals surface area contributed by atoms with Crippen LogP contribution >= 0.6 is 11.3 Å². The predicted molar refractivity (Wildman–Crippen MR) is 89.3 cm³/mol. The highest BCUT2D eigenvalue weighted by molar-refractivity contribution is 7.09. The van der Waals surface area contributed by atoms with Crippen LogP contribution in [0, 0.1) is 5.41 Å². The Bertz CT molecular complexity index is 401. The second-order valence-corrected chi connectivity index (χ2v) is 8.27. The van der Waals surface area contributed by atoms with E-state index in [-0.39, 0.29) is 0 Å². The van der Waals surface area contributed by atoms with Crippen molar-refractivity contribution in [2.45, 2.75) is 65.6 Å².